The Morgan fingerprint density at radius 3 is 2.29 bits per heavy atom. The molecule has 2 rings (SSSR count). The zero-order valence-corrected chi connectivity index (χ0v) is 11.1. The van der Waals surface area contributed by atoms with Crippen molar-refractivity contribution in [2.24, 2.45) is 11.7 Å². The zero-order valence-electron chi connectivity index (χ0n) is 10.3. The maximum atomic E-state index is 6.22. The van der Waals surface area contributed by atoms with Crippen molar-refractivity contribution in [1.29, 1.82) is 0 Å². The van der Waals surface area contributed by atoms with Gasteiger partial charge in [-0.2, -0.15) is 0 Å². The molecule has 0 saturated heterocycles. The van der Waals surface area contributed by atoms with E-state index in [0.717, 1.165) is 17.1 Å². The molecule has 0 heterocycles. The Bertz CT molecular complexity index is 366. The summed E-state index contributed by atoms with van der Waals surface area (Å²) in [6.45, 7) is 0. The molecule has 0 aliphatic heterocycles. The molecule has 1 aliphatic carbocycles. The quantitative estimate of drug-likeness (QED) is 0.902. The van der Waals surface area contributed by atoms with E-state index in [-0.39, 0.29) is 18.4 Å². The van der Waals surface area contributed by atoms with Crippen LogP contribution in [0.15, 0.2) is 18.2 Å². The van der Waals surface area contributed by atoms with Gasteiger partial charge in [0.25, 0.3) is 0 Å². The van der Waals surface area contributed by atoms with Crippen LogP contribution in [0.1, 0.15) is 30.9 Å². The van der Waals surface area contributed by atoms with Gasteiger partial charge in [0, 0.05) is 6.04 Å². The summed E-state index contributed by atoms with van der Waals surface area (Å²) < 4.78 is 10.5. The number of methoxy groups -OCH3 is 2. The summed E-state index contributed by atoms with van der Waals surface area (Å²) in [4.78, 5) is 0. The third-order valence-electron chi connectivity index (χ3n) is 3.45. The third kappa shape index (κ3) is 2.85. The smallest absolute Gasteiger partial charge is 0.161 e. The molecule has 4 heteroatoms. The maximum Gasteiger partial charge on any atom is 0.161 e. The Morgan fingerprint density at radius 1 is 1.18 bits per heavy atom. The fourth-order valence-corrected chi connectivity index (χ4v) is 2.13. The molecule has 0 spiro atoms. The molecule has 2 N–H and O–H groups in total. The van der Waals surface area contributed by atoms with Crippen LogP contribution in [0.3, 0.4) is 0 Å². The molecule has 0 amide bonds. The van der Waals surface area contributed by atoms with Crippen molar-refractivity contribution >= 4 is 12.4 Å². The van der Waals surface area contributed by atoms with Gasteiger partial charge in [0.2, 0.25) is 0 Å². The third-order valence-corrected chi connectivity index (χ3v) is 3.45. The van der Waals surface area contributed by atoms with E-state index >= 15 is 0 Å². The van der Waals surface area contributed by atoms with Crippen molar-refractivity contribution < 1.29 is 9.47 Å². The van der Waals surface area contributed by atoms with Gasteiger partial charge in [-0.05, 0) is 36.5 Å². The summed E-state index contributed by atoms with van der Waals surface area (Å²) >= 11 is 0. The second kappa shape index (κ2) is 6.12. The summed E-state index contributed by atoms with van der Waals surface area (Å²) in [5.74, 6) is 2.15. The number of nitrogens with two attached hydrogens (primary N) is 1. The Morgan fingerprint density at radius 2 is 1.82 bits per heavy atom. The molecule has 1 aromatic rings. The van der Waals surface area contributed by atoms with Crippen molar-refractivity contribution in [2.75, 3.05) is 14.2 Å². The van der Waals surface area contributed by atoms with Crippen molar-refractivity contribution in [3.05, 3.63) is 23.8 Å². The van der Waals surface area contributed by atoms with Crippen molar-refractivity contribution in [1.82, 2.24) is 0 Å². The van der Waals surface area contributed by atoms with Crippen molar-refractivity contribution in [2.45, 2.75) is 25.3 Å². The van der Waals surface area contributed by atoms with E-state index in [9.17, 15) is 0 Å². The van der Waals surface area contributed by atoms with E-state index in [2.05, 4.69) is 0 Å². The lowest BCUT2D eigenvalue weighted by molar-refractivity contribution is 0.263. The van der Waals surface area contributed by atoms with Gasteiger partial charge in [0.1, 0.15) is 0 Å². The first-order valence-electron chi connectivity index (χ1n) is 5.73. The molecule has 0 radical (unpaired) electrons. The Kier molecular flexibility index (Phi) is 5.09. The van der Waals surface area contributed by atoms with Crippen LogP contribution in [0.4, 0.5) is 0 Å². The molecular formula is C13H20ClNO2. The molecule has 1 aromatic carbocycles. The van der Waals surface area contributed by atoms with Gasteiger partial charge in [-0.3, -0.25) is 0 Å². The van der Waals surface area contributed by atoms with Gasteiger partial charge < -0.3 is 15.2 Å². The number of hydrogen-bond donors (Lipinski definition) is 1. The zero-order chi connectivity index (χ0) is 11.5. The lowest BCUT2D eigenvalue weighted by atomic mass is 9.77. The van der Waals surface area contributed by atoms with E-state index < -0.39 is 0 Å². The van der Waals surface area contributed by atoms with Crippen LogP contribution in [0.5, 0.6) is 11.5 Å². The summed E-state index contributed by atoms with van der Waals surface area (Å²) in [5.41, 5.74) is 7.36. The first-order chi connectivity index (χ1) is 7.76. The molecule has 0 aromatic heterocycles. The van der Waals surface area contributed by atoms with Crippen LogP contribution < -0.4 is 15.2 Å². The lowest BCUT2D eigenvalue weighted by Crippen LogP contribution is -2.26. The van der Waals surface area contributed by atoms with E-state index in [1.165, 1.54) is 19.3 Å². The van der Waals surface area contributed by atoms with Crippen molar-refractivity contribution in [3.8, 4) is 11.5 Å². The molecule has 0 unspecified atom stereocenters. The largest absolute Gasteiger partial charge is 0.493 e. The van der Waals surface area contributed by atoms with Gasteiger partial charge in [-0.1, -0.05) is 12.5 Å². The van der Waals surface area contributed by atoms with Crippen LogP contribution in [-0.4, -0.2) is 14.2 Å². The molecule has 0 bridgehead atoms. The highest BCUT2D eigenvalue weighted by Crippen LogP contribution is 2.38. The standard InChI is InChI=1S/C13H19NO2.ClH/c1-15-11-7-6-10(8-12(11)16-2)13(14)9-4-3-5-9;/h6-9,13H,3-5,14H2,1-2H3;1H/t13-;/m1./s1. The number of rotatable bonds is 4. The maximum absolute atomic E-state index is 6.22. The van der Waals surface area contributed by atoms with Crippen molar-refractivity contribution in [3.63, 3.8) is 0 Å². The minimum atomic E-state index is 0. The summed E-state index contributed by atoms with van der Waals surface area (Å²) in [5, 5.41) is 0. The molecule has 1 aliphatic rings. The monoisotopic (exact) mass is 257 g/mol. The van der Waals surface area contributed by atoms with Gasteiger partial charge in [-0.15, -0.1) is 12.4 Å². The minimum absolute atomic E-state index is 0. The fourth-order valence-electron chi connectivity index (χ4n) is 2.13. The van der Waals surface area contributed by atoms with E-state index in [1.807, 2.05) is 18.2 Å². The Hall–Kier alpha value is -0.930. The number of benzene rings is 1. The number of ether oxygens (including phenoxy) is 2. The van der Waals surface area contributed by atoms with Gasteiger partial charge in [0.05, 0.1) is 14.2 Å². The van der Waals surface area contributed by atoms with Crippen LogP contribution >= 0.6 is 12.4 Å². The fraction of sp³-hybridized carbons (Fsp3) is 0.538. The summed E-state index contributed by atoms with van der Waals surface area (Å²) in [6, 6.07) is 6.08. The molecule has 1 fully saturated rings. The first kappa shape index (κ1) is 14.1. The molecule has 96 valence electrons. The van der Waals surface area contributed by atoms with Crippen LogP contribution in [0.2, 0.25) is 0 Å². The van der Waals surface area contributed by atoms with Crippen LogP contribution in [-0.2, 0) is 0 Å². The Balaban J connectivity index is 0.00000144. The summed E-state index contributed by atoms with van der Waals surface area (Å²) in [6.07, 6.45) is 3.80. The van der Waals surface area contributed by atoms with Crippen LogP contribution in [0, 0.1) is 5.92 Å². The second-order valence-electron chi connectivity index (χ2n) is 4.33. The molecule has 1 atom stereocenters. The normalized spacial score (nSPS) is 16.6. The van der Waals surface area contributed by atoms with Gasteiger partial charge in [-0.25, -0.2) is 0 Å². The predicted molar refractivity (Wildman–Crippen MR) is 71.1 cm³/mol. The molecule has 17 heavy (non-hydrogen) atoms. The molecule has 3 nitrogen and oxygen atoms in total. The van der Waals surface area contributed by atoms with Crippen LogP contribution in [0.25, 0.3) is 0 Å². The summed E-state index contributed by atoms with van der Waals surface area (Å²) in [7, 11) is 3.29. The number of hydrogen-bond acceptors (Lipinski definition) is 3. The van der Waals surface area contributed by atoms with E-state index in [0.29, 0.717) is 5.92 Å². The molecule has 1 saturated carbocycles. The van der Waals surface area contributed by atoms with Gasteiger partial charge in [0.15, 0.2) is 11.5 Å². The number of halogens is 1. The SMILES string of the molecule is COc1ccc([C@H](N)C2CCC2)cc1OC.Cl. The minimum Gasteiger partial charge on any atom is -0.493 e. The average Bonchev–Trinajstić information content (AvgIpc) is 2.25. The first-order valence-corrected chi connectivity index (χ1v) is 5.73. The topological polar surface area (TPSA) is 44.5 Å². The lowest BCUT2D eigenvalue weighted by Gasteiger charge is -2.31. The highest BCUT2D eigenvalue weighted by Gasteiger charge is 2.26. The predicted octanol–water partition coefficient (Wildman–Crippen LogP) is 2.93. The highest BCUT2D eigenvalue weighted by molar-refractivity contribution is 5.85. The van der Waals surface area contributed by atoms with Gasteiger partial charge >= 0.3 is 0 Å². The van der Waals surface area contributed by atoms with E-state index in [4.69, 9.17) is 15.2 Å². The van der Waals surface area contributed by atoms with E-state index in [1.54, 1.807) is 14.2 Å². The second-order valence-corrected chi connectivity index (χ2v) is 4.33. The molecular weight excluding hydrogens is 238 g/mol. The Labute approximate surface area is 109 Å². The highest BCUT2D eigenvalue weighted by atomic mass is 35.5. The average molecular weight is 258 g/mol.